The third kappa shape index (κ3) is 3.46. The van der Waals surface area contributed by atoms with Crippen molar-refractivity contribution in [3.8, 4) is 11.5 Å². The Kier molecular flexibility index (Phi) is 4.04. The average Bonchev–Trinajstić information content (AvgIpc) is 2.75. The summed E-state index contributed by atoms with van der Waals surface area (Å²) >= 11 is 4.82. The van der Waals surface area contributed by atoms with E-state index in [0.29, 0.717) is 5.75 Å². The van der Waals surface area contributed by atoms with Gasteiger partial charge in [-0.25, -0.2) is 0 Å². The molecule has 5 heteroatoms. The second kappa shape index (κ2) is 5.53. The molecular formula is C12H11BrO3S. The van der Waals surface area contributed by atoms with Gasteiger partial charge in [-0.05, 0) is 52.3 Å². The first-order chi connectivity index (χ1) is 8.15. The van der Waals surface area contributed by atoms with E-state index < -0.39 is 6.10 Å². The molecule has 0 amide bonds. The third-order valence-electron chi connectivity index (χ3n) is 2.17. The van der Waals surface area contributed by atoms with Crippen molar-refractivity contribution >= 4 is 27.3 Å². The second-order valence-corrected chi connectivity index (χ2v) is 5.96. The second-order valence-electron chi connectivity index (χ2n) is 3.46. The number of ether oxygens (including phenoxy) is 1. The largest absolute Gasteiger partial charge is 0.508 e. The van der Waals surface area contributed by atoms with E-state index in [1.807, 2.05) is 12.1 Å². The zero-order valence-corrected chi connectivity index (χ0v) is 11.2. The number of benzene rings is 1. The zero-order valence-electron chi connectivity index (χ0n) is 8.84. The lowest BCUT2D eigenvalue weighted by molar-refractivity contribution is 0.111. The lowest BCUT2D eigenvalue weighted by atomic mass is 10.3. The summed E-state index contributed by atoms with van der Waals surface area (Å²) in [5.41, 5.74) is 0. The van der Waals surface area contributed by atoms with Crippen LogP contribution in [0.25, 0.3) is 0 Å². The van der Waals surface area contributed by atoms with E-state index in [1.165, 1.54) is 11.3 Å². The molecule has 0 radical (unpaired) electrons. The van der Waals surface area contributed by atoms with Crippen molar-refractivity contribution in [1.29, 1.82) is 0 Å². The zero-order chi connectivity index (χ0) is 12.3. The van der Waals surface area contributed by atoms with Crippen LogP contribution in [0.4, 0.5) is 0 Å². The highest BCUT2D eigenvalue weighted by atomic mass is 79.9. The van der Waals surface area contributed by atoms with Gasteiger partial charge in [0.2, 0.25) is 0 Å². The minimum absolute atomic E-state index is 0.192. The summed E-state index contributed by atoms with van der Waals surface area (Å²) in [6.45, 7) is 0.192. The van der Waals surface area contributed by atoms with Gasteiger partial charge in [0.1, 0.15) is 24.2 Å². The molecule has 0 saturated carbocycles. The summed E-state index contributed by atoms with van der Waals surface area (Å²) in [5.74, 6) is 0.817. The van der Waals surface area contributed by atoms with Gasteiger partial charge in [0, 0.05) is 4.88 Å². The maximum Gasteiger partial charge on any atom is 0.122 e. The maximum absolute atomic E-state index is 9.86. The van der Waals surface area contributed by atoms with Crippen LogP contribution in [-0.2, 0) is 0 Å². The molecule has 1 heterocycles. The minimum atomic E-state index is -0.639. The average molecular weight is 315 g/mol. The molecule has 1 atom stereocenters. The van der Waals surface area contributed by atoms with Gasteiger partial charge >= 0.3 is 0 Å². The van der Waals surface area contributed by atoms with Crippen molar-refractivity contribution in [1.82, 2.24) is 0 Å². The van der Waals surface area contributed by atoms with Crippen LogP contribution in [0.2, 0.25) is 0 Å². The van der Waals surface area contributed by atoms with Crippen molar-refractivity contribution in [2.75, 3.05) is 6.61 Å². The summed E-state index contributed by atoms with van der Waals surface area (Å²) in [6.07, 6.45) is -0.639. The van der Waals surface area contributed by atoms with E-state index in [4.69, 9.17) is 9.84 Å². The fourth-order valence-corrected chi connectivity index (χ4v) is 2.70. The molecule has 0 spiro atoms. The van der Waals surface area contributed by atoms with Gasteiger partial charge in [-0.2, -0.15) is 0 Å². The Bertz CT molecular complexity index is 481. The van der Waals surface area contributed by atoms with Crippen LogP contribution < -0.4 is 4.74 Å². The summed E-state index contributed by atoms with van der Waals surface area (Å²) in [4.78, 5) is 0.857. The highest BCUT2D eigenvalue weighted by molar-refractivity contribution is 9.11. The van der Waals surface area contributed by atoms with Crippen LogP contribution in [0, 0.1) is 0 Å². The van der Waals surface area contributed by atoms with E-state index in [2.05, 4.69) is 15.9 Å². The van der Waals surface area contributed by atoms with Crippen molar-refractivity contribution < 1.29 is 14.9 Å². The molecule has 3 nitrogen and oxygen atoms in total. The first kappa shape index (κ1) is 12.4. The number of phenols is 1. The lowest BCUT2D eigenvalue weighted by Crippen LogP contribution is -2.08. The summed E-state index contributed by atoms with van der Waals surface area (Å²) in [7, 11) is 0. The summed E-state index contributed by atoms with van der Waals surface area (Å²) in [6, 6.07) is 10.2. The predicted octanol–water partition coefficient (Wildman–Crippen LogP) is 3.33. The van der Waals surface area contributed by atoms with Crippen LogP contribution in [0.5, 0.6) is 11.5 Å². The fourth-order valence-electron chi connectivity index (χ4n) is 1.31. The van der Waals surface area contributed by atoms with Gasteiger partial charge in [0.25, 0.3) is 0 Å². The molecule has 1 unspecified atom stereocenters. The molecule has 17 heavy (non-hydrogen) atoms. The Morgan fingerprint density at radius 1 is 1.18 bits per heavy atom. The number of halogens is 1. The van der Waals surface area contributed by atoms with Crippen LogP contribution in [0.1, 0.15) is 11.0 Å². The first-order valence-corrected chi connectivity index (χ1v) is 6.61. The molecule has 0 fully saturated rings. The van der Waals surface area contributed by atoms with Crippen molar-refractivity contribution in [2.45, 2.75) is 6.10 Å². The topological polar surface area (TPSA) is 49.7 Å². The number of aromatic hydroxyl groups is 1. The van der Waals surface area contributed by atoms with Gasteiger partial charge in [-0.15, -0.1) is 11.3 Å². The Hall–Kier alpha value is -1.04. The third-order valence-corrected chi connectivity index (χ3v) is 3.89. The molecule has 0 aliphatic rings. The molecule has 2 N–H and O–H groups in total. The lowest BCUT2D eigenvalue weighted by Gasteiger charge is -2.10. The molecule has 1 aromatic carbocycles. The minimum Gasteiger partial charge on any atom is -0.508 e. The molecule has 1 aromatic heterocycles. The highest BCUT2D eigenvalue weighted by Gasteiger charge is 2.10. The van der Waals surface area contributed by atoms with Gasteiger partial charge in [0.05, 0.1) is 3.79 Å². The number of aliphatic hydroxyl groups excluding tert-OH is 1. The molecule has 0 saturated heterocycles. The summed E-state index contributed by atoms with van der Waals surface area (Å²) in [5, 5.41) is 19.0. The highest BCUT2D eigenvalue weighted by Crippen LogP contribution is 2.27. The van der Waals surface area contributed by atoms with Gasteiger partial charge in [-0.1, -0.05) is 0 Å². The molecule has 0 bridgehead atoms. The van der Waals surface area contributed by atoms with Gasteiger partial charge in [-0.3, -0.25) is 0 Å². The van der Waals surface area contributed by atoms with E-state index in [0.717, 1.165) is 8.66 Å². The first-order valence-electron chi connectivity index (χ1n) is 5.00. The smallest absolute Gasteiger partial charge is 0.122 e. The van der Waals surface area contributed by atoms with Gasteiger partial charge < -0.3 is 14.9 Å². The molecule has 0 aliphatic carbocycles. The summed E-state index contributed by atoms with van der Waals surface area (Å²) < 4.78 is 6.40. The number of aliphatic hydroxyl groups is 1. The van der Waals surface area contributed by atoms with Crippen molar-refractivity contribution in [3.05, 3.63) is 45.1 Å². The predicted molar refractivity (Wildman–Crippen MR) is 70.6 cm³/mol. The monoisotopic (exact) mass is 314 g/mol. The van der Waals surface area contributed by atoms with E-state index >= 15 is 0 Å². The molecule has 0 aliphatic heterocycles. The normalized spacial score (nSPS) is 12.4. The number of phenolic OH excluding ortho intramolecular Hbond substituents is 1. The standard InChI is InChI=1S/C12H11BrO3S/c13-12-6-5-11(17-12)10(15)7-16-9-3-1-8(14)2-4-9/h1-6,10,14-15H,7H2. The molecule has 2 rings (SSSR count). The van der Waals surface area contributed by atoms with Crippen LogP contribution in [0.3, 0.4) is 0 Å². The number of hydrogen-bond acceptors (Lipinski definition) is 4. The molecular weight excluding hydrogens is 304 g/mol. The Morgan fingerprint density at radius 2 is 1.88 bits per heavy atom. The Morgan fingerprint density at radius 3 is 2.47 bits per heavy atom. The fraction of sp³-hybridized carbons (Fsp3) is 0.167. The Balaban J connectivity index is 1.92. The number of thiophene rings is 1. The Labute approximate surface area is 111 Å². The molecule has 2 aromatic rings. The van der Waals surface area contributed by atoms with E-state index in [-0.39, 0.29) is 12.4 Å². The number of hydrogen-bond donors (Lipinski definition) is 2. The molecule has 90 valence electrons. The van der Waals surface area contributed by atoms with E-state index in [1.54, 1.807) is 24.3 Å². The quantitative estimate of drug-likeness (QED) is 0.910. The van der Waals surface area contributed by atoms with Crippen molar-refractivity contribution in [2.24, 2.45) is 0 Å². The van der Waals surface area contributed by atoms with Crippen molar-refractivity contribution in [3.63, 3.8) is 0 Å². The van der Waals surface area contributed by atoms with Gasteiger partial charge in [0.15, 0.2) is 0 Å². The van der Waals surface area contributed by atoms with Crippen LogP contribution >= 0.6 is 27.3 Å². The number of rotatable bonds is 4. The van der Waals surface area contributed by atoms with Crippen LogP contribution in [0.15, 0.2) is 40.2 Å². The van der Waals surface area contributed by atoms with E-state index in [9.17, 15) is 5.11 Å². The SMILES string of the molecule is Oc1ccc(OCC(O)c2ccc(Br)s2)cc1. The van der Waals surface area contributed by atoms with Crippen LogP contribution in [-0.4, -0.2) is 16.8 Å². The maximum atomic E-state index is 9.86.